The number of hydrogen-bond donors (Lipinski definition) is 10. The Morgan fingerprint density at radius 2 is 0.664 bits per heavy atom. The molecule has 21 unspecified atom stereocenters. The summed E-state index contributed by atoms with van der Waals surface area (Å²) >= 11 is 0. The maximum atomic E-state index is 15.0. The van der Waals surface area contributed by atoms with Gasteiger partial charge in [-0.2, -0.15) is 0 Å². The van der Waals surface area contributed by atoms with Crippen LogP contribution in [-0.4, -0.2) is 205 Å². The van der Waals surface area contributed by atoms with Crippen molar-refractivity contribution in [3.8, 4) is 0 Å². The highest BCUT2D eigenvalue weighted by molar-refractivity contribution is 7.47. The summed E-state index contributed by atoms with van der Waals surface area (Å²) in [6.07, 6.45) is 27.7. The number of aliphatic hydroxyl groups is 9. The van der Waals surface area contributed by atoms with Crippen LogP contribution in [0.3, 0.4) is 0 Å². The van der Waals surface area contributed by atoms with Gasteiger partial charge in [-0.1, -0.05) is 362 Å². The molecule has 3 rings (SSSR count). The minimum Gasteiger partial charge on any atom is -0.463 e. The second kappa shape index (κ2) is 72.0. The molecule has 2 aliphatic heterocycles. The van der Waals surface area contributed by atoms with E-state index in [9.17, 15) is 74.6 Å². The lowest BCUT2D eigenvalue weighted by atomic mass is 9.84. The molecule has 0 aromatic heterocycles. The van der Waals surface area contributed by atoms with E-state index >= 15 is 0 Å². The fraction of sp³-hybridized carbons (Fsp3) is 0.938. The fourth-order valence-corrected chi connectivity index (χ4v) is 17.8. The van der Waals surface area contributed by atoms with Crippen LogP contribution in [-0.2, 0) is 70.7 Å². The number of carbonyl (C=O) groups is 4. The summed E-state index contributed by atoms with van der Waals surface area (Å²) in [7, 11) is -5.82. The molecule has 21 atom stereocenters. The molecule has 2 heterocycles. The average molecular weight is 1760 g/mol. The van der Waals surface area contributed by atoms with Gasteiger partial charge in [0.25, 0.3) is 0 Å². The second-order valence-electron chi connectivity index (χ2n) is 36.5. The Morgan fingerprint density at radius 1 is 0.344 bits per heavy atom. The summed E-state index contributed by atoms with van der Waals surface area (Å²) in [5, 5.41) is 103. The summed E-state index contributed by atoms with van der Waals surface area (Å²) in [4.78, 5) is 66.8. The predicted octanol–water partition coefficient (Wildman–Crippen LogP) is 19.1. The number of ether oxygens (including phenoxy) is 8. The van der Waals surface area contributed by atoms with Crippen molar-refractivity contribution in [3.63, 3.8) is 0 Å². The van der Waals surface area contributed by atoms with Gasteiger partial charge in [-0.15, -0.1) is 0 Å². The van der Waals surface area contributed by atoms with Crippen molar-refractivity contribution in [2.45, 2.75) is 531 Å². The van der Waals surface area contributed by atoms with Crippen LogP contribution < -0.4 is 0 Å². The van der Waals surface area contributed by atoms with E-state index in [1.165, 1.54) is 173 Å². The van der Waals surface area contributed by atoms with Crippen molar-refractivity contribution in [1.29, 1.82) is 0 Å². The van der Waals surface area contributed by atoms with E-state index in [0.29, 0.717) is 49.9 Å². The number of phosphoric ester groups is 1. The summed E-state index contributed by atoms with van der Waals surface area (Å²) in [5.41, 5.74) is 0. The number of phosphoric acid groups is 1. The first-order valence-corrected chi connectivity index (χ1v) is 51.1. The van der Waals surface area contributed by atoms with Crippen LogP contribution in [0.15, 0.2) is 12.2 Å². The lowest BCUT2D eigenvalue weighted by molar-refractivity contribution is -0.360. The number of unbranched alkanes of at least 4 members (excludes halogenated alkanes) is 41. The SMILES string of the molecule is CCCCCC/C=C\CCCCCCCCCC(=O)OCC1OC(OC2C(OC(=O)CCCCCCCCC(C)CCCCCCCC)C(O)C(O)C(OC3OC(CO)C(O)C(O)C3O)C2OP(=O)(O)OCC(COC(=O)CCCCCCCCC(C)CCCCCCCC)OC(=O)CCCCCCCCC(C)CCCCCCCC)C(O)C(O)C1O. The minimum absolute atomic E-state index is 0.00974. The molecule has 2 saturated heterocycles. The Balaban J connectivity index is 1.93. The monoisotopic (exact) mass is 1760 g/mol. The van der Waals surface area contributed by atoms with Crippen molar-refractivity contribution < 1.29 is 122 Å². The normalized spacial score (nSPS) is 25.3. The van der Waals surface area contributed by atoms with Crippen molar-refractivity contribution in [3.05, 3.63) is 12.2 Å². The van der Waals surface area contributed by atoms with Crippen LogP contribution >= 0.6 is 7.82 Å². The largest absolute Gasteiger partial charge is 0.472 e. The molecule has 10 N–H and O–H groups in total. The Bertz CT molecular complexity index is 2620. The van der Waals surface area contributed by atoms with E-state index in [2.05, 4.69) is 60.6 Å². The zero-order chi connectivity index (χ0) is 89.4. The van der Waals surface area contributed by atoms with E-state index in [4.69, 9.17) is 46.9 Å². The van der Waals surface area contributed by atoms with Crippen molar-refractivity contribution >= 4 is 31.7 Å². The van der Waals surface area contributed by atoms with Crippen LogP contribution in [0.25, 0.3) is 0 Å². The molecular formula is C96H179O25P. The Hall–Kier alpha value is -2.79. The van der Waals surface area contributed by atoms with Gasteiger partial charge in [0.2, 0.25) is 0 Å². The lowest BCUT2D eigenvalue weighted by Gasteiger charge is -2.50. The average Bonchev–Trinajstić information content (AvgIpc) is 0.754. The third-order valence-electron chi connectivity index (χ3n) is 25.0. The smallest absolute Gasteiger partial charge is 0.463 e. The molecule has 0 bridgehead atoms. The summed E-state index contributed by atoms with van der Waals surface area (Å²) < 4.78 is 73.8. The molecule has 25 nitrogen and oxygen atoms in total. The quantitative estimate of drug-likeness (QED) is 0.00889. The molecular weight excluding hydrogens is 1580 g/mol. The zero-order valence-corrected chi connectivity index (χ0v) is 78.2. The molecule has 1 aliphatic carbocycles. The van der Waals surface area contributed by atoms with E-state index in [-0.39, 0.29) is 25.7 Å². The molecule has 0 amide bonds. The molecule has 3 fully saturated rings. The number of rotatable bonds is 79. The number of carbonyl (C=O) groups excluding carboxylic acids is 4. The van der Waals surface area contributed by atoms with Crippen LogP contribution in [0.5, 0.6) is 0 Å². The van der Waals surface area contributed by atoms with Gasteiger partial charge >= 0.3 is 31.7 Å². The Labute approximate surface area is 737 Å². The molecule has 122 heavy (non-hydrogen) atoms. The van der Waals surface area contributed by atoms with Crippen LogP contribution in [0, 0.1) is 17.8 Å². The van der Waals surface area contributed by atoms with Crippen LogP contribution in [0.1, 0.15) is 427 Å². The van der Waals surface area contributed by atoms with Gasteiger partial charge in [0.1, 0.15) is 92.6 Å². The van der Waals surface area contributed by atoms with Crippen LogP contribution in [0.4, 0.5) is 0 Å². The van der Waals surface area contributed by atoms with E-state index in [1.54, 1.807) is 0 Å². The van der Waals surface area contributed by atoms with Gasteiger partial charge in [0.05, 0.1) is 13.2 Å². The molecule has 26 heteroatoms. The fourth-order valence-electron chi connectivity index (χ4n) is 16.8. The van der Waals surface area contributed by atoms with Gasteiger partial charge in [0, 0.05) is 25.7 Å². The van der Waals surface area contributed by atoms with Gasteiger partial charge < -0.3 is 88.7 Å². The first-order valence-electron chi connectivity index (χ1n) is 49.6. The summed E-state index contributed by atoms with van der Waals surface area (Å²) in [6, 6.07) is 0. The van der Waals surface area contributed by atoms with Gasteiger partial charge in [-0.3, -0.25) is 28.2 Å². The Kier molecular flexibility index (Phi) is 66.9. The minimum atomic E-state index is -5.82. The summed E-state index contributed by atoms with van der Waals surface area (Å²) in [6.45, 7) is 12.6. The number of hydrogen-bond acceptors (Lipinski definition) is 24. The third kappa shape index (κ3) is 52.2. The molecule has 0 aromatic carbocycles. The highest BCUT2D eigenvalue weighted by Gasteiger charge is 2.60. The lowest BCUT2D eigenvalue weighted by Crippen LogP contribution is -2.70. The topological polar surface area (TPSA) is 380 Å². The zero-order valence-electron chi connectivity index (χ0n) is 77.3. The number of aliphatic hydroxyl groups excluding tert-OH is 9. The predicted molar refractivity (Wildman–Crippen MR) is 476 cm³/mol. The number of allylic oxidation sites excluding steroid dienone is 2. The van der Waals surface area contributed by atoms with Crippen LogP contribution in [0.2, 0.25) is 0 Å². The van der Waals surface area contributed by atoms with Gasteiger partial charge in [0.15, 0.2) is 24.8 Å². The molecule has 0 radical (unpaired) electrons. The maximum absolute atomic E-state index is 15.0. The second-order valence-corrected chi connectivity index (χ2v) is 37.9. The first-order chi connectivity index (χ1) is 58.9. The molecule has 718 valence electrons. The van der Waals surface area contributed by atoms with Crippen molar-refractivity contribution in [2.24, 2.45) is 17.8 Å². The van der Waals surface area contributed by atoms with Crippen molar-refractivity contribution in [2.75, 3.05) is 26.4 Å². The first kappa shape index (κ1) is 113. The van der Waals surface area contributed by atoms with E-state index in [1.807, 2.05) is 0 Å². The number of esters is 4. The van der Waals surface area contributed by atoms with Gasteiger partial charge in [-0.05, 0) is 69.1 Å². The maximum Gasteiger partial charge on any atom is 0.472 e. The standard InChI is InChI=1S/C96H179O25P/c1-8-12-16-20-24-25-26-27-28-29-30-31-32-45-56-66-80(99)113-72-78-84(103)86(105)90(109)96(117-78)120-93-91(118-82(101)68-58-48-38-35-44-54-64-75(7)61-51-41-23-19-15-11-4)87(106)88(107)92(119-95-89(108)85(104)83(102)77(69-97)116-95)94(93)121-122(110,111)114-71-76(115-81(100)67-57-47-37-34-43-53-63-74(6)60-50-40-22-18-14-10-3)70-112-79(98)65-55-46-36-33-42-52-62-73(5)59-49-39-21-17-13-9-2/h25-26,73-78,83-97,102-109H,8-24,27-72H2,1-7H3,(H,110,111)/b26-25-. The van der Waals surface area contributed by atoms with E-state index in [0.717, 1.165) is 148 Å². The van der Waals surface area contributed by atoms with Crippen molar-refractivity contribution in [1.82, 2.24) is 0 Å². The molecule has 0 spiro atoms. The molecule has 0 aromatic rings. The Morgan fingerprint density at radius 3 is 1.07 bits per heavy atom. The molecule has 1 saturated carbocycles. The van der Waals surface area contributed by atoms with Gasteiger partial charge in [-0.25, -0.2) is 4.57 Å². The highest BCUT2D eigenvalue weighted by Crippen LogP contribution is 2.49. The molecule has 3 aliphatic rings. The third-order valence-corrected chi connectivity index (χ3v) is 25.9. The summed E-state index contributed by atoms with van der Waals surface area (Å²) in [5.74, 6) is -0.977. The highest BCUT2D eigenvalue weighted by atomic mass is 31.2. The van der Waals surface area contributed by atoms with E-state index < -0.39 is 162 Å².